The van der Waals surface area contributed by atoms with Crippen LogP contribution in [0.3, 0.4) is 0 Å². The van der Waals surface area contributed by atoms with E-state index in [4.69, 9.17) is 4.74 Å². The summed E-state index contributed by atoms with van der Waals surface area (Å²) in [5.74, 6) is 1.53. The first kappa shape index (κ1) is 16.3. The molecule has 2 unspecified atom stereocenters. The summed E-state index contributed by atoms with van der Waals surface area (Å²) in [5, 5.41) is 3.44. The van der Waals surface area contributed by atoms with E-state index in [2.05, 4.69) is 51.0 Å². The van der Waals surface area contributed by atoms with Crippen LogP contribution in [-0.2, 0) is 6.54 Å². The molecular weight excluding hydrogens is 260 g/mol. The molecule has 0 radical (unpaired) electrons. The molecule has 0 amide bonds. The highest BCUT2D eigenvalue weighted by Gasteiger charge is 2.33. The first-order valence-electron chi connectivity index (χ1n) is 8.19. The third-order valence-electron chi connectivity index (χ3n) is 4.18. The molecular formula is C18H30N2O. The van der Waals surface area contributed by atoms with Crippen LogP contribution in [0, 0.1) is 11.3 Å². The molecule has 1 saturated carbocycles. The van der Waals surface area contributed by atoms with E-state index in [0.29, 0.717) is 11.5 Å². The summed E-state index contributed by atoms with van der Waals surface area (Å²) >= 11 is 0. The first-order chi connectivity index (χ1) is 9.85. The maximum absolute atomic E-state index is 6.27. The number of nitrogens with zero attached hydrogens (tertiary/aromatic N) is 1. The van der Waals surface area contributed by atoms with Gasteiger partial charge in [-0.25, -0.2) is 4.98 Å². The molecule has 0 saturated heterocycles. The molecule has 1 aromatic rings. The molecule has 2 atom stereocenters. The molecule has 0 bridgehead atoms. The highest BCUT2D eigenvalue weighted by atomic mass is 16.5. The zero-order chi connectivity index (χ0) is 15.5. The number of rotatable bonds is 5. The zero-order valence-electron chi connectivity index (χ0n) is 14.1. The molecule has 1 aliphatic carbocycles. The fourth-order valence-electron chi connectivity index (χ4n) is 3.48. The van der Waals surface area contributed by atoms with E-state index >= 15 is 0 Å². The van der Waals surface area contributed by atoms with Crippen LogP contribution in [0.2, 0.25) is 0 Å². The van der Waals surface area contributed by atoms with Crippen molar-refractivity contribution < 1.29 is 4.74 Å². The Morgan fingerprint density at radius 1 is 1.38 bits per heavy atom. The summed E-state index contributed by atoms with van der Waals surface area (Å²) in [7, 11) is 0. The Balaban J connectivity index is 2.05. The minimum absolute atomic E-state index is 0.288. The molecule has 0 spiro atoms. The van der Waals surface area contributed by atoms with Gasteiger partial charge in [0, 0.05) is 24.3 Å². The van der Waals surface area contributed by atoms with Crippen molar-refractivity contribution in [2.45, 2.75) is 72.6 Å². The Bertz CT molecular complexity index is 456. The zero-order valence-corrected chi connectivity index (χ0v) is 14.1. The van der Waals surface area contributed by atoms with Gasteiger partial charge in [-0.05, 0) is 36.7 Å². The molecule has 1 fully saturated rings. The molecule has 1 aromatic heterocycles. The van der Waals surface area contributed by atoms with Gasteiger partial charge >= 0.3 is 0 Å². The number of hydrogen-bond acceptors (Lipinski definition) is 3. The van der Waals surface area contributed by atoms with Gasteiger partial charge in [0.05, 0.1) is 0 Å². The molecule has 21 heavy (non-hydrogen) atoms. The normalized spacial score (nSPS) is 25.0. The summed E-state index contributed by atoms with van der Waals surface area (Å²) in [4.78, 5) is 4.46. The maximum atomic E-state index is 6.27. The van der Waals surface area contributed by atoms with E-state index in [1.165, 1.54) is 6.42 Å². The van der Waals surface area contributed by atoms with Gasteiger partial charge in [-0.3, -0.25) is 0 Å². The van der Waals surface area contributed by atoms with Gasteiger partial charge in [0.15, 0.2) is 0 Å². The highest BCUT2D eigenvalue weighted by Crippen LogP contribution is 2.40. The molecule has 1 heterocycles. The molecule has 118 valence electrons. The van der Waals surface area contributed by atoms with Crippen molar-refractivity contribution in [3.63, 3.8) is 0 Å². The second kappa shape index (κ2) is 6.78. The van der Waals surface area contributed by atoms with Crippen molar-refractivity contribution >= 4 is 0 Å². The van der Waals surface area contributed by atoms with E-state index in [9.17, 15) is 0 Å². The molecule has 3 heteroatoms. The third-order valence-corrected chi connectivity index (χ3v) is 4.18. The smallest absolute Gasteiger partial charge is 0.218 e. The fraction of sp³-hybridized carbons (Fsp3) is 0.722. The van der Waals surface area contributed by atoms with Crippen molar-refractivity contribution in [2.75, 3.05) is 0 Å². The average Bonchev–Trinajstić information content (AvgIpc) is 2.35. The largest absolute Gasteiger partial charge is 0.474 e. The summed E-state index contributed by atoms with van der Waals surface area (Å²) < 4.78 is 6.27. The predicted molar refractivity (Wildman–Crippen MR) is 87.4 cm³/mol. The second-order valence-electron chi connectivity index (χ2n) is 7.66. The van der Waals surface area contributed by atoms with Gasteiger partial charge in [0.2, 0.25) is 5.88 Å². The van der Waals surface area contributed by atoms with Crippen LogP contribution in [0.25, 0.3) is 0 Å². The number of aromatic nitrogens is 1. The summed E-state index contributed by atoms with van der Waals surface area (Å²) in [6.45, 7) is 12.1. The van der Waals surface area contributed by atoms with Crippen molar-refractivity contribution in [3.05, 3.63) is 23.9 Å². The minimum atomic E-state index is 0.288. The molecule has 1 aliphatic rings. The highest BCUT2D eigenvalue weighted by molar-refractivity contribution is 5.25. The van der Waals surface area contributed by atoms with E-state index in [0.717, 1.165) is 36.7 Å². The molecule has 0 aliphatic heterocycles. The van der Waals surface area contributed by atoms with Crippen LogP contribution in [-0.4, -0.2) is 17.1 Å². The van der Waals surface area contributed by atoms with Gasteiger partial charge in [0.1, 0.15) is 6.10 Å². The van der Waals surface area contributed by atoms with Crippen LogP contribution in [0.5, 0.6) is 5.88 Å². The maximum Gasteiger partial charge on any atom is 0.218 e. The molecule has 1 N–H and O–H groups in total. The van der Waals surface area contributed by atoms with Crippen molar-refractivity contribution in [2.24, 2.45) is 11.3 Å². The van der Waals surface area contributed by atoms with Crippen LogP contribution in [0.1, 0.15) is 59.4 Å². The number of nitrogens with one attached hydrogen (secondary N) is 1. The summed E-state index contributed by atoms with van der Waals surface area (Å²) in [6, 6.07) is 4.55. The second-order valence-corrected chi connectivity index (χ2v) is 7.66. The van der Waals surface area contributed by atoms with Gasteiger partial charge in [0.25, 0.3) is 0 Å². The molecule has 3 nitrogen and oxygen atoms in total. The lowest BCUT2D eigenvalue weighted by Crippen LogP contribution is -2.34. The lowest BCUT2D eigenvalue weighted by atomic mass is 9.71. The lowest BCUT2D eigenvalue weighted by molar-refractivity contribution is 0.0524. The van der Waals surface area contributed by atoms with Crippen LogP contribution < -0.4 is 10.1 Å². The average molecular weight is 290 g/mol. The number of pyridine rings is 1. The predicted octanol–water partition coefficient (Wildman–Crippen LogP) is 4.17. The van der Waals surface area contributed by atoms with E-state index < -0.39 is 0 Å². The Hall–Kier alpha value is -1.09. The summed E-state index contributed by atoms with van der Waals surface area (Å²) in [5.41, 5.74) is 1.52. The summed E-state index contributed by atoms with van der Waals surface area (Å²) in [6.07, 6.45) is 5.65. The monoisotopic (exact) mass is 290 g/mol. The van der Waals surface area contributed by atoms with Crippen LogP contribution in [0.15, 0.2) is 18.3 Å². The van der Waals surface area contributed by atoms with E-state index in [1.807, 2.05) is 12.3 Å². The Morgan fingerprint density at radius 3 is 2.81 bits per heavy atom. The number of ether oxygens (including phenoxy) is 1. The first-order valence-corrected chi connectivity index (χ1v) is 8.19. The number of hydrogen-bond donors (Lipinski definition) is 1. The standard InChI is InChI=1S/C18H30N2O/c1-13(2)20-12-15-7-6-8-19-17(15)21-16-9-14(3)10-18(4,5)11-16/h6-8,13-14,16,20H,9-12H2,1-5H3. The Labute approximate surface area is 129 Å². The van der Waals surface area contributed by atoms with Crippen LogP contribution in [0.4, 0.5) is 0 Å². The molecule has 0 aromatic carbocycles. The van der Waals surface area contributed by atoms with E-state index in [1.54, 1.807) is 0 Å². The lowest BCUT2D eigenvalue weighted by Gasteiger charge is -2.38. The van der Waals surface area contributed by atoms with Crippen molar-refractivity contribution in [1.82, 2.24) is 10.3 Å². The quantitative estimate of drug-likeness (QED) is 0.883. The van der Waals surface area contributed by atoms with Gasteiger partial charge in [-0.2, -0.15) is 0 Å². The van der Waals surface area contributed by atoms with Gasteiger partial charge in [-0.15, -0.1) is 0 Å². The SMILES string of the molecule is CC1CC(Oc2ncccc2CNC(C)C)CC(C)(C)C1. The van der Waals surface area contributed by atoms with Crippen LogP contribution >= 0.6 is 0 Å². The third kappa shape index (κ3) is 4.99. The van der Waals surface area contributed by atoms with Gasteiger partial charge < -0.3 is 10.1 Å². The fourth-order valence-corrected chi connectivity index (χ4v) is 3.48. The van der Waals surface area contributed by atoms with Crippen molar-refractivity contribution in [1.29, 1.82) is 0 Å². The minimum Gasteiger partial charge on any atom is -0.474 e. The Kier molecular flexibility index (Phi) is 5.26. The van der Waals surface area contributed by atoms with E-state index in [-0.39, 0.29) is 6.10 Å². The topological polar surface area (TPSA) is 34.1 Å². The van der Waals surface area contributed by atoms with Gasteiger partial charge in [-0.1, -0.05) is 40.7 Å². The Morgan fingerprint density at radius 2 is 2.14 bits per heavy atom. The van der Waals surface area contributed by atoms with Crippen molar-refractivity contribution in [3.8, 4) is 5.88 Å². The molecule has 2 rings (SSSR count).